The van der Waals surface area contributed by atoms with Crippen molar-refractivity contribution in [3.8, 4) is 0 Å². The van der Waals surface area contributed by atoms with Gasteiger partial charge in [-0.15, -0.1) is 0 Å². The van der Waals surface area contributed by atoms with E-state index in [1.807, 2.05) is 0 Å². The average Bonchev–Trinajstić information content (AvgIpc) is 2.40. The Morgan fingerprint density at radius 1 is 1.61 bits per heavy atom. The van der Waals surface area contributed by atoms with Crippen molar-refractivity contribution < 1.29 is 4.74 Å². The molecule has 0 amide bonds. The van der Waals surface area contributed by atoms with E-state index in [0.29, 0.717) is 10.6 Å². The van der Waals surface area contributed by atoms with Crippen LogP contribution in [0.4, 0.5) is 5.69 Å². The number of nitrogens with zero attached hydrogens (tertiary/aromatic N) is 2. The fourth-order valence-electron chi connectivity index (χ4n) is 2.04. The summed E-state index contributed by atoms with van der Waals surface area (Å²) in [5.41, 5.74) is 0.614. The largest absolute Gasteiger partial charge is 0.383 e. The molecule has 1 fully saturated rings. The van der Waals surface area contributed by atoms with Gasteiger partial charge in [0.1, 0.15) is 4.47 Å². The first-order valence-corrected chi connectivity index (χ1v) is 7.05. The van der Waals surface area contributed by atoms with Crippen molar-refractivity contribution in [2.45, 2.75) is 31.8 Å². The predicted molar refractivity (Wildman–Crippen MR) is 73.9 cm³/mol. The van der Waals surface area contributed by atoms with E-state index in [9.17, 15) is 4.79 Å². The van der Waals surface area contributed by atoms with Gasteiger partial charge < -0.3 is 10.1 Å². The number of ether oxygens (including phenoxy) is 1. The standard InChI is InChI=1S/C12H18BrN3O2/c1-16-12(17)11(13)10(8-15-16)14-6-5-9-4-2-3-7-18-9/h8-9,14H,2-7H2,1H3. The van der Waals surface area contributed by atoms with Crippen molar-refractivity contribution >= 4 is 21.6 Å². The molecule has 6 heteroatoms. The molecule has 1 aliphatic heterocycles. The molecule has 1 atom stereocenters. The molecule has 0 spiro atoms. The van der Waals surface area contributed by atoms with Crippen LogP contribution < -0.4 is 10.9 Å². The lowest BCUT2D eigenvalue weighted by Gasteiger charge is -2.22. The third-order valence-electron chi connectivity index (χ3n) is 3.13. The van der Waals surface area contributed by atoms with E-state index in [-0.39, 0.29) is 5.56 Å². The maximum atomic E-state index is 11.6. The highest BCUT2D eigenvalue weighted by Crippen LogP contribution is 2.18. The van der Waals surface area contributed by atoms with Crippen LogP contribution >= 0.6 is 15.9 Å². The highest BCUT2D eigenvalue weighted by Gasteiger charge is 2.13. The van der Waals surface area contributed by atoms with E-state index >= 15 is 0 Å². The second-order valence-corrected chi connectivity index (χ2v) is 5.30. The smallest absolute Gasteiger partial charge is 0.282 e. The van der Waals surface area contributed by atoms with Crippen molar-refractivity contribution in [1.29, 1.82) is 0 Å². The lowest BCUT2D eigenvalue weighted by molar-refractivity contribution is 0.0134. The molecule has 1 aromatic rings. The van der Waals surface area contributed by atoms with Crippen molar-refractivity contribution in [3.63, 3.8) is 0 Å². The average molecular weight is 316 g/mol. The van der Waals surface area contributed by atoms with Gasteiger partial charge in [-0.25, -0.2) is 4.68 Å². The van der Waals surface area contributed by atoms with Gasteiger partial charge in [0, 0.05) is 20.2 Å². The molecule has 0 radical (unpaired) electrons. The van der Waals surface area contributed by atoms with E-state index in [2.05, 4.69) is 26.3 Å². The Hall–Kier alpha value is -0.880. The number of nitrogens with one attached hydrogen (secondary N) is 1. The van der Waals surface area contributed by atoms with Crippen molar-refractivity contribution in [2.24, 2.45) is 7.05 Å². The van der Waals surface area contributed by atoms with Gasteiger partial charge in [0.15, 0.2) is 0 Å². The number of anilines is 1. The van der Waals surface area contributed by atoms with Crippen LogP contribution in [0.2, 0.25) is 0 Å². The van der Waals surface area contributed by atoms with Crippen LogP contribution in [-0.4, -0.2) is 29.0 Å². The molecule has 5 nitrogen and oxygen atoms in total. The maximum absolute atomic E-state index is 11.6. The summed E-state index contributed by atoms with van der Waals surface area (Å²) in [5, 5.41) is 7.21. The van der Waals surface area contributed by atoms with Gasteiger partial charge in [0.25, 0.3) is 5.56 Å². The quantitative estimate of drug-likeness (QED) is 0.922. The molecule has 1 aliphatic rings. The Morgan fingerprint density at radius 3 is 3.17 bits per heavy atom. The minimum Gasteiger partial charge on any atom is -0.383 e. The van der Waals surface area contributed by atoms with E-state index in [4.69, 9.17) is 4.74 Å². The molecule has 2 rings (SSSR count). The summed E-state index contributed by atoms with van der Waals surface area (Å²) in [4.78, 5) is 11.6. The van der Waals surface area contributed by atoms with Gasteiger partial charge >= 0.3 is 0 Å². The highest BCUT2D eigenvalue weighted by atomic mass is 79.9. The third-order valence-corrected chi connectivity index (χ3v) is 3.90. The molecule has 18 heavy (non-hydrogen) atoms. The van der Waals surface area contributed by atoms with Crippen LogP contribution in [0, 0.1) is 0 Å². The Bertz CT molecular complexity index is 455. The minimum atomic E-state index is -0.131. The van der Waals surface area contributed by atoms with Crippen molar-refractivity contribution in [3.05, 3.63) is 21.0 Å². The summed E-state index contributed by atoms with van der Waals surface area (Å²) in [6, 6.07) is 0. The summed E-state index contributed by atoms with van der Waals surface area (Å²) in [7, 11) is 1.63. The fraction of sp³-hybridized carbons (Fsp3) is 0.667. The first-order valence-electron chi connectivity index (χ1n) is 6.26. The van der Waals surface area contributed by atoms with E-state index < -0.39 is 0 Å². The van der Waals surface area contributed by atoms with Crippen LogP contribution in [0.5, 0.6) is 0 Å². The molecule has 0 aromatic carbocycles. The van der Waals surface area contributed by atoms with Crippen LogP contribution in [0.1, 0.15) is 25.7 Å². The second-order valence-electron chi connectivity index (χ2n) is 4.51. The molecule has 1 N–H and O–H groups in total. The summed E-state index contributed by atoms with van der Waals surface area (Å²) in [6.45, 7) is 1.67. The van der Waals surface area contributed by atoms with Crippen molar-refractivity contribution in [2.75, 3.05) is 18.5 Å². The Balaban J connectivity index is 1.86. The molecule has 2 heterocycles. The normalized spacial score (nSPS) is 19.8. The van der Waals surface area contributed by atoms with Crippen molar-refractivity contribution in [1.82, 2.24) is 9.78 Å². The first kappa shape index (κ1) is 13.5. The van der Waals surface area contributed by atoms with Gasteiger partial charge in [0.2, 0.25) is 0 Å². The van der Waals surface area contributed by atoms with Gasteiger partial charge in [-0.3, -0.25) is 4.79 Å². The molecule has 0 aliphatic carbocycles. The third kappa shape index (κ3) is 3.32. The van der Waals surface area contributed by atoms with Crippen LogP contribution in [0.3, 0.4) is 0 Å². The van der Waals surface area contributed by atoms with Gasteiger partial charge in [0.05, 0.1) is 18.0 Å². The number of aromatic nitrogens is 2. The van der Waals surface area contributed by atoms with Crippen LogP contribution in [0.15, 0.2) is 15.5 Å². The second kappa shape index (κ2) is 6.33. The number of hydrogen-bond acceptors (Lipinski definition) is 4. The van der Waals surface area contributed by atoms with Gasteiger partial charge in [-0.05, 0) is 41.6 Å². The zero-order chi connectivity index (χ0) is 13.0. The van der Waals surface area contributed by atoms with Crippen LogP contribution in [0.25, 0.3) is 0 Å². The molecule has 1 unspecified atom stereocenters. The number of halogens is 1. The lowest BCUT2D eigenvalue weighted by atomic mass is 10.1. The zero-order valence-electron chi connectivity index (χ0n) is 10.5. The SMILES string of the molecule is Cn1ncc(NCCC2CCCCO2)c(Br)c1=O. The van der Waals surface area contributed by atoms with E-state index in [1.54, 1.807) is 13.2 Å². The highest BCUT2D eigenvalue weighted by molar-refractivity contribution is 9.10. The molecule has 0 saturated carbocycles. The summed E-state index contributed by atoms with van der Waals surface area (Å²) in [6.07, 6.45) is 6.53. The monoisotopic (exact) mass is 315 g/mol. The Morgan fingerprint density at radius 2 is 2.44 bits per heavy atom. The fourth-order valence-corrected chi connectivity index (χ4v) is 2.54. The predicted octanol–water partition coefficient (Wildman–Crippen LogP) is 1.91. The number of hydrogen-bond donors (Lipinski definition) is 1. The number of rotatable bonds is 4. The summed E-state index contributed by atoms with van der Waals surface area (Å²) < 4.78 is 7.49. The molecule has 100 valence electrons. The molecular formula is C12H18BrN3O2. The molecule has 0 bridgehead atoms. The maximum Gasteiger partial charge on any atom is 0.282 e. The zero-order valence-corrected chi connectivity index (χ0v) is 12.1. The van der Waals surface area contributed by atoms with Gasteiger partial charge in [-0.2, -0.15) is 5.10 Å². The molecule has 1 aromatic heterocycles. The van der Waals surface area contributed by atoms with Crippen LogP contribution in [-0.2, 0) is 11.8 Å². The Labute approximate surface area is 115 Å². The van der Waals surface area contributed by atoms with E-state index in [0.717, 1.165) is 31.7 Å². The minimum absolute atomic E-state index is 0.131. The first-order chi connectivity index (χ1) is 8.68. The topological polar surface area (TPSA) is 56.1 Å². The lowest BCUT2D eigenvalue weighted by Crippen LogP contribution is -2.24. The van der Waals surface area contributed by atoms with Gasteiger partial charge in [-0.1, -0.05) is 0 Å². The number of aryl methyl sites for hydroxylation is 1. The van der Waals surface area contributed by atoms with E-state index in [1.165, 1.54) is 17.5 Å². The summed E-state index contributed by atoms with van der Waals surface area (Å²) >= 11 is 3.29. The molecular weight excluding hydrogens is 298 g/mol. The Kier molecular flexibility index (Phi) is 4.77. The molecule has 1 saturated heterocycles. The summed E-state index contributed by atoms with van der Waals surface area (Å²) in [5.74, 6) is 0.